The fourth-order valence-corrected chi connectivity index (χ4v) is 3.17. The van der Waals surface area contributed by atoms with Crippen LogP contribution in [0.4, 0.5) is 4.79 Å². The molecule has 0 saturated carbocycles. The molecule has 1 radical (unpaired) electrons. The summed E-state index contributed by atoms with van der Waals surface area (Å²) in [6.07, 6.45) is 3.20. The number of nitrogens with one attached hydrogen (secondary N) is 1. The Morgan fingerprint density at radius 2 is 1.79 bits per heavy atom. The molecule has 3 N–H and O–H groups in total. The average molecular weight is 396 g/mol. The molecule has 1 aliphatic heterocycles. The lowest BCUT2D eigenvalue weighted by molar-refractivity contribution is -0.120. The summed E-state index contributed by atoms with van der Waals surface area (Å²) in [5.74, 6) is -1.02. The van der Waals surface area contributed by atoms with Gasteiger partial charge >= 0.3 is 6.03 Å². The van der Waals surface area contributed by atoms with E-state index in [1.165, 1.54) is 20.4 Å². The highest BCUT2D eigenvalue weighted by Gasteiger charge is 2.40. The van der Waals surface area contributed by atoms with E-state index in [-0.39, 0.29) is 24.0 Å². The van der Waals surface area contributed by atoms with Gasteiger partial charge in [-0.2, -0.15) is 0 Å². The molecule has 4 amide bonds. The van der Waals surface area contributed by atoms with Crippen molar-refractivity contribution in [2.75, 3.05) is 20.6 Å². The first-order valence-corrected chi connectivity index (χ1v) is 8.99. The molecule has 1 aromatic carbocycles. The van der Waals surface area contributed by atoms with Crippen LogP contribution >= 0.6 is 0 Å². The smallest absolute Gasteiger partial charge is 0.320 e. The molecule has 9 nitrogen and oxygen atoms in total. The minimum Gasteiger partial charge on any atom is -0.368 e. The molecule has 2 atom stereocenters. The number of benzene rings is 1. The van der Waals surface area contributed by atoms with Crippen molar-refractivity contribution in [1.29, 1.82) is 0 Å². The van der Waals surface area contributed by atoms with Crippen molar-refractivity contribution < 1.29 is 14.4 Å². The van der Waals surface area contributed by atoms with Gasteiger partial charge in [0.05, 0.1) is 6.04 Å². The molecule has 1 aliphatic rings. The van der Waals surface area contributed by atoms with Crippen molar-refractivity contribution in [1.82, 2.24) is 19.7 Å². The Labute approximate surface area is 167 Å². The van der Waals surface area contributed by atoms with Crippen LogP contribution in [-0.2, 0) is 4.79 Å². The molecule has 9 heteroatoms. The summed E-state index contributed by atoms with van der Waals surface area (Å²) in [6, 6.07) is 9.64. The third kappa shape index (κ3) is 4.29. The SMILES string of the molecule is CN(C)C(=O)N1CC(NC(=O)c2ccc(-n3ccccc3=O)cc2)[CH]C1C(N)=O. The Kier molecular flexibility index (Phi) is 5.67. The van der Waals surface area contributed by atoms with Crippen molar-refractivity contribution in [2.45, 2.75) is 12.1 Å². The van der Waals surface area contributed by atoms with Crippen LogP contribution < -0.4 is 16.6 Å². The maximum Gasteiger partial charge on any atom is 0.320 e. The molecule has 3 rings (SSSR count). The number of pyridine rings is 1. The van der Waals surface area contributed by atoms with Crippen molar-refractivity contribution in [3.63, 3.8) is 0 Å². The van der Waals surface area contributed by atoms with Crippen LogP contribution in [0.2, 0.25) is 0 Å². The largest absolute Gasteiger partial charge is 0.368 e. The molecule has 1 aromatic heterocycles. The first-order valence-electron chi connectivity index (χ1n) is 8.99. The lowest BCUT2D eigenvalue weighted by Crippen LogP contribution is -2.48. The molecule has 2 unspecified atom stereocenters. The summed E-state index contributed by atoms with van der Waals surface area (Å²) in [4.78, 5) is 51.1. The zero-order chi connectivity index (χ0) is 21.1. The number of amides is 4. The zero-order valence-corrected chi connectivity index (χ0v) is 16.1. The van der Waals surface area contributed by atoms with Gasteiger partial charge in [0.2, 0.25) is 5.91 Å². The second-order valence-corrected chi connectivity index (χ2v) is 6.90. The van der Waals surface area contributed by atoms with Crippen LogP contribution in [0.3, 0.4) is 0 Å². The predicted octanol–water partition coefficient (Wildman–Crippen LogP) is -0.00871. The van der Waals surface area contributed by atoms with Crippen LogP contribution in [0.15, 0.2) is 53.5 Å². The van der Waals surface area contributed by atoms with E-state index >= 15 is 0 Å². The van der Waals surface area contributed by atoms with E-state index in [1.54, 1.807) is 63.1 Å². The fraction of sp³-hybridized carbons (Fsp3) is 0.250. The third-order valence-corrected chi connectivity index (χ3v) is 4.61. The van der Waals surface area contributed by atoms with Gasteiger partial charge in [0.15, 0.2) is 0 Å². The maximum atomic E-state index is 12.6. The lowest BCUT2D eigenvalue weighted by atomic mass is 10.1. The van der Waals surface area contributed by atoms with Crippen LogP contribution in [0.1, 0.15) is 10.4 Å². The summed E-state index contributed by atoms with van der Waals surface area (Å²) < 4.78 is 1.47. The number of nitrogens with zero attached hydrogens (tertiary/aromatic N) is 3. The topological polar surface area (TPSA) is 118 Å². The van der Waals surface area contributed by atoms with Gasteiger partial charge in [-0.15, -0.1) is 0 Å². The van der Waals surface area contributed by atoms with Crippen molar-refractivity contribution in [3.8, 4) is 5.69 Å². The number of carbonyl (C=O) groups excluding carboxylic acids is 3. The summed E-state index contributed by atoms with van der Waals surface area (Å²) in [6.45, 7) is 0.147. The van der Waals surface area contributed by atoms with Gasteiger partial charge in [-0.05, 0) is 30.3 Å². The average Bonchev–Trinajstić information content (AvgIpc) is 3.12. The van der Waals surface area contributed by atoms with Crippen molar-refractivity contribution in [2.24, 2.45) is 5.73 Å². The predicted molar refractivity (Wildman–Crippen MR) is 106 cm³/mol. The molecule has 1 fully saturated rings. The van der Waals surface area contributed by atoms with Crippen molar-refractivity contribution in [3.05, 3.63) is 71.0 Å². The number of nitrogens with two attached hydrogens (primary N) is 1. The number of hydrogen-bond acceptors (Lipinski definition) is 4. The minimum atomic E-state index is -0.887. The molecule has 1 saturated heterocycles. The van der Waals surface area contributed by atoms with Gasteiger partial charge in [0, 0.05) is 50.6 Å². The molecule has 0 spiro atoms. The highest BCUT2D eigenvalue weighted by Crippen LogP contribution is 2.19. The van der Waals surface area contributed by atoms with Gasteiger partial charge in [0.25, 0.3) is 11.5 Å². The monoisotopic (exact) mass is 396 g/mol. The van der Waals surface area contributed by atoms with Gasteiger partial charge in [-0.1, -0.05) is 6.07 Å². The minimum absolute atomic E-state index is 0.147. The lowest BCUT2D eigenvalue weighted by Gasteiger charge is -2.25. The standard InChI is InChI=1S/C20H22N5O4/c1-23(2)20(29)25-12-14(11-16(25)18(21)27)22-19(28)13-6-8-15(9-7-13)24-10-4-3-5-17(24)26/h3-11,14,16H,12H2,1-2H3,(H2,21,27)(H,22,28). The van der Waals surface area contributed by atoms with Crippen LogP contribution in [-0.4, -0.2) is 64.9 Å². The van der Waals surface area contributed by atoms with Crippen molar-refractivity contribution >= 4 is 17.8 Å². The van der Waals surface area contributed by atoms with E-state index in [4.69, 9.17) is 5.73 Å². The number of carbonyl (C=O) groups is 3. The van der Waals surface area contributed by atoms with Gasteiger partial charge < -0.3 is 20.9 Å². The molecule has 2 aromatic rings. The van der Waals surface area contributed by atoms with Gasteiger partial charge in [-0.25, -0.2) is 4.79 Å². The Bertz CT molecular complexity index is 983. The number of likely N-dealkylation sites (tertiary alicyclic amines) is 1. The molecule has 29 heavy (non-hydrogen) atoms. The maximum absolute atomic E-state index is 12.6. The van der Waals surface area contributed by atoms with E-state index < -0.39 is 18.0 Å². The van der Waals surface area contributed by atoms with E-state index in [0.29, 0.717) is 11.3 Å². The second kappa shape index (κ2) is 8.17. The number of hydrogen-bond donors (Lipinski definition) is 2. The quantitative estimate of drug-likeness (QED) is 0.756. The summed E-state index contributed by atoms with van der Waals surface area (Å²) in [5.41, 5.74) is 6.24. The molecule has 2 heterocycles. The molecular weight excluding hydrogens is 374 g/mol. The first kappa shape index (κ1) is 20.1. The number of rotatable bonds is 4. The van der Waals surface area contributed by atoms with E-state index in [9.17, 15) is 19.2 Å². The van der Waals surface area contributed by atoms with E-state index in [0.717, 1.165) is 0 Å². The Morgan fingerprint density at radius 1 is 1.10 bits per heavy atom. The first-order chi connectivity index (χ1) is 13.8. The normalized spacial score (nSPS) is 18.3. The fourth-order valence-electron chi connectivity index (χ4n) is 3.17. The molecular formula is C20H22N5O4. The van der Waals surface area contributed by atoms with Gasteiger partial charge in [0.1, 0.15) is 6.04 Å². The third-order valence-electron chi connectivity index (χ3n) is 4.61. The summed E-state index contributed by atoms with van der Waals surface area (Å²) in [7, 11) is 3.15. The van der Waals surface area contributed by atoms with Crippen LogP contribution in [0, 0.1) is 6.42 Å². The Morgan fingerprint density at radius 3 is 2.38 bits per heavy atom. The summed E-state index contributed by atoms with van der Waals surface area (Å²) >= 11 is 0. The highest BCUT2D eigenvalue weighted by atomic mass is 16.2. The summed E-state index contributed by atoms with van der Waals surface area (Å²) in [5, 5.41) is 2.79. The van der Waals surface area contributed by atoms with E-state index in [1.807, 2.05) is 0 Å². The van der Waals surface area contributed by atoms with Gasteiger partial charge in [-0.3, -0.25) is 19.0 Å². The Balaban J connectivity index is 1.70. The van der Waals surface area contributed by atoms with Crippen LogP contribution in [0.25, 0.3) is 5.69 Å². The molecule has 151 valence electrons. The molecule has 0 bridgehead atoms. The highest BCUT2D eigenvalue weighted by molar-refractivity contribution is 5.95. The van der Waals surface area contributed by atoms with Crippen LogP contribution in [0.5, 0.6) is 0 Å². The van der Waals surface area contributed by atoms with E-state index in [2.05, 4.69) is 5.32 Å². The number of aromatic nitrogens is 1. The second-order valence-electron chi connectivity index (χ2n) is 6.90. The molecule has 0 aliphatic carbocycles. The Hall–Kier alpha value is -3.62. The zero-order valence-electron chi connectivity index (χ0n) is 16.1. The number of urea groups is 1. The number of primary amides is 1.